The van der Waals surface area contributed by atoms with Gasteiger partial charge in [-0.25, -0.2) is 4.79 Å². The Bertz CT molecular complexity index is 538. The third kappa shape index (κ3) is 8.98. The quantitative estimate of drug-likeness (QED) is 0.277. The van der Waals surface area contributed by atoms with Gasteiger partial charge in [0.05, 0.1) is 6.61 Å². The van der Waals surface area contributed by atoms with Crippen LogP contribution in [0.15, 0.2) is 36.4 Å². The van der Waals surface area contributed by atoms with Gasteiger partial charge in [-0.15, -0.1) is 0 Å². The van der Waals surface area contributed by atoms with Crippen LogP contribution in [0.3, 0.4) is 0 Å². The number of hydrogen-bond acceptors (Lipinski definition) is 4. The molecule has 1 amide bonds. The van der Waals surface area contributed by atoms with Gasteiger partial charge >= 0.3 is 5.97 Å². The van der Waals surface area contributed by atoms with E-state index >= 15 is 0 Å². The highest BCUT2D eigenvalue weighted by Crippen LogP contribution is 2.12. The topological polar surface area (TPSA) is 81.4 Å². The molecule has 0 aliphatic heterocycles. The van der Waals surface area contributed by atoms with Gasteiger partial charge in [-0.2, -0.15) is 0 Å². The molecule has 24 heavy (non-hydrogen) atoms. The monoisotopic (exact) mass is 332 g/mol. The molecule has 0 saturated heterocycles. The third-order valence-electron chi connectivity index (χ3n) is 3.57. The molecule has 0 radical (unpaired) electrons. The van der Waals surface area contributed by atoms with Crippen molar-refractivity contribution in [3.05, 3.63) is 36.4 Å². The van der Waals surface area contributed by atoms with E-state index < -0.39 is 0 Å². The molecule has 5 heteroatoms. The largest absolute Gasteiger partial charge is 0.462 e. The zero-order valence-electron chi connectivity index (χ0n) is 14.5. The number of ether oxygens (including phenoxy) is 1. The smallest absolute Gasteiger partial charge is 0.333 e. The summed E-state index contributed by atoms with van der Waals surface area (Å²) in [6.45, 7) is 5.63. The second-order valence-electron chi connectivity index (χ2n) is 5.96. The molecule has 0 saturated carbocycles. The lowest BCUT2D eigenvalue weighted by molar-refractivity contribution is -0.139. The molecule has 0 atom stereocenters. The average Bonchev–Trinajstić information content (AvgIpc) is 2.55. The highest BCUT2D eigenvalue weighted by atomic mass is 16.5. The summed E-state index contributed by atoms with van der Waals surface area (Å²) < 4.78 is 5.03. The lowest BCUT2D eigenvalue weighted by atomic mass is 10.1. The Hall–Kier alpha value is -2.30. The van der Waals surface area contributed by atoms with Crippen molar-refractivity contribution in [1.82, 2.24) is 0 Å². The van der Waals surface area contributed by atoms with Crippen molar-refractivity contribution in [3.8, 4) is 0 Å². The van der Waals surface area contributed by atoms with Gasteiger partial charge in [0, 0.05) is 23.4 Å². The van der Waals surface area contributed by atoms with Gasteiger partial charge in [0.25, 0.3) is 0 Å². The third-order valence-corrected chi connectivity index (χ3v) is 3.57. The standard InChI is InChI=1S/C19H28N2O3/c1-15(2)19(23)24-14-8-6-4-3-5-7-9-18(22)21-17-12-10-16(20)11-13-17/h10-13H,1,3-9,14,20H2,2H3,(H,21,22). The molecule has 0 aliphatic rings. The van der Waals surface area contributed by atoms with Crippen molar-refractivity contribution in [2.75, 3.05) is 17.7 Å². The van der Waals surface area contributed by atoms with E-state index in [1.54, 1.807) is 31.2 Å². The van der Waals surface area contributed by atoms with Crippen molar-refractivity contribution in [2.24, 2.45) is 0 Å². The predicted molar refractivity (Wildman–Crippen MR) is 97.6 cm³/mol. The summed E-state index contributed by atoms with van der Waals surface area (Å²) in [4.78, 5) is 23.0. The van der Waals surface area contributed by atoms with E-state index in [4.69, 9.17) is 10.5 Å². The first kappa shape index (κ1) is 19.7. The van der Waals surface area contributed by atoms with E-state index in [9.17, 15) is 9.59 Å². The molecule has 0 spiro atoms. The van der Waals surface area contributed by atoms with Gasteiger partial charge in [0.1, 0.15) is 0 Å². The molecule has 1 rings (SSSR count). The van der Waals surface area contributed by atoms with E-state index in [2.05, 4.69) is 11.9 Å². The molecular formula is C19H28N2O3. The fraction of sp³-hybridized carbons (Fsp3) is 0.474. The van der Waals surface area contributed by atoms with E-state index in [0.29, 0.717) is 24.3 Å². The first-order valence-corrected chi connectivity index (χ1v) is 8.47. The number of hydrogen-bond donors (Lipinski definition) is 2. The second-order valence-corrected chi connectivity index (χ2v) is 5.96. The fourth-order valence-electron chi connectivity index (χ4n) is 2.17. The Kier molecular flexibility index (Phi) is 9.27. The predicted octanol–water partition coefficient (Wildman–Crippen LogP) is 4.06. The Morgan fingerprint density at radius 1 is 1.04 bits per heavy atom. The van der Waals surface area contributed by atoms with Crippen LogP contribution in [0, 0.1) is 0 Å². The van der Waals surface area contributed by atoms with Crippen LogP contribution in [-0.2, 0) is 14.3 Å². The Morgan fingerprint density at radius 2 is 1.62 bits per heavy atom. The summed E-state index contributed by atoms with van der Waals surface area (Å²) >= 11 is 0. The van der Waals surface area contributed by atoms with Crippen molar-refractivity contribution in [1.29, 1.82) is 0 Å². The van der Waals surface area contributed by atoms with Crippen LogP contribution < -0.4 is 11.1 Å². The van der Waals surface area contributed by atoms with Gasteiger partial charge in [-0.1, -0.05) is 32.3 Å². The second kappa shape index (κ2) is 11.3. The van der Waals surface area contributed by atoms with Crippen LogP contribution in [0.2, 0.25) is 0 Å². The van der Waals surface area contributed by atoms with Crippen LogP contribution >= 0.6 is 0 Å². The summed E-state index contributed by atoms with van der Waals surface area (Å²) in [6.07, 6.45) is 6.51. The molecule has 3 N–H and O–H groups in total. The van der Waals surface area contributed by atoms with Crippen molar-refractivity contribution in [2.45, 2.75) is 51.9 Å². The van der Waals surface area contributed by atoms with Crippen molar-refractivity contribution >= 4 is 23.3 Å². The molecule has 5 nitrogen and oxygen atoms in total. The molecule has 1 aromatic rings. The number of anilines is 2. The van der Waals surface area contributed by atoms with Gasteiger partial charge in [0.15, 0.2) is 0 Å². The van der Waals surface area contributed by atoms with E-state index in [-0.39, 0.29) is 11.9 Å². The van der Waals surface area contributed by atoms with Crippen LogP contribution in [0.1, 0.15) is 51.9 Å². The number of carbonyl (C=O) groups excluding carboxylic acids is 2. The Labute approximate surface area is 144 Å². The van der Waals surface area contributed by atoms with E-state index in [0.717, 1.165) is 44.2 Å². The summed E-state index contributed by atoms with van der Waals surface area (Å²) in [5.74, 6) is -0.284. The van der Waals surface area contributed by atoms with Gasteiger partial charge in [-0.05, 0) is 44.0 Å². The summed E-state index contributed by atoms with van der Waals surface area (Å²) in [5.41, 5.74) is 7.50. The molecule has 0 aromatic heterocycles. The molecular weight excluding hydrogens is 304 g/mol. The van der Waals surface area contributed by atoms with Crippen LogP contribution in [0.25, 0.3) is 0 Å². The maximum absolute atomic E-state index is 11.8. The number of rotatable bonds is 11. The normalized spacial score (nSPS) is 10.2. The minimum Gasteiger partial charge on any atom is -0.462 e. The van der Waals surface area contributed by atoms with Gasteiger partial charge < -0.3 is 15.8 Å². The van der Waals surface area contributed by atoms with Crippen molar-refractivity contribution < 1.29 is 14.3 Å². The SMILES string of the molecule is C=C(C)C(=O)OCCCCCCCCC(=O)Nc1ccc(N)cc1. The number of nitrogen functional groups attached to an aromatic ring is 1. The van der Waals surface area contributed by atoms with Gasteiger partial charge in [0.2, 0.25) is 5.91 Å². The number of nitrogens with one attached hydrogen (secondary N) is 1. The van der Waals surface area contributed by atoms with E-state index in [1.165, 1.54) is 0 Å². The summed E-state index contributed by atoms with van der Waals surface area (Å²) in [7, 11) is 0. The van der Waals surface area contributed by atoms with Gasteiger partial charge in [-0.3, -0.25) is 4.79 Å². The molecule has 0 fully saturated rings. The van der Waals surface area contributed by atoms with Crippen molar-refractivity contribution in [3.63, 3.8) is 0 Å². The minimum atomic E-state index is -0.317. The lowest BCUT2D eigenvalue weighted by Crippen LogP contribution is -2.10. The Balaban J connectivity index is 1.96. The maximum atomic E-state index is 11.8. The first-order valence-electron chi connectivity index (χ1n) is 8.47. The number of carbonyl (C=O) groups is 2. The molecule has 0 bridgehead atoms. The number of amides is 1. The number of esters is 1. The molecule has 132 valence electrons. The van der Waals surface area contributed by atoms with Crippen LogP contribution in [-0.4, -0.2) is 18.5 Å². The maximum Gasteiger partial charge on any atom is 0.333 e. The first-order chi connectivity index (χ1) is 11.5. The number of unbranched alkanes of at least 4 members (excludes halogenated alkanes) is 5. The van der Waals surface area contributed by atoms with Crippen LogP contribution in [0.5, 0.6) is 0 Å². The number of nitrogens with two attached hydrogens (primary N) is 1. The Morgan fingerprint density at radius 3 is 2.25 bits per heavy atom. The lowest BCUT2D eigenvalue weighted by Gasteiger charge is -2.06. The zero-order valence-corrected chi connectivity index (χ0v) is 14.5. The molecule has 0 aliphatic carbocycles. The molecule has 0 heterocycles. The average molecular weight is 332 g/mol. The highest BCUT2D eigenvalue weighted by molar-refractivity contribution is 5.90. The molecule has 1 aromatic carbocycles. The zero-order chi connectivity index (χ0) is 17.8. The minimum absolute atomic E-state index is 0.0338. The van der Waals surface area contributed by atoms with E-state index in [1.807, 2.05) is 0 Å². The number of benzene rings is 1. The summed E-state index contributed by atoms with van der Waals surface area (Å²) in [5, 5.41) is 2.86. The fourth-order valence-corrected chi connectivity index (χ4v) is 2.17. The molecule has 0 unspecified atom stereocenters. The van der Waals surface area contributed by atoms with Crippen LogP contribution in [0.4, 0.5) is 11.4 Å². The summed E-state index contributed by atoms with van der Waals surface area (Å²) in [6, 6.07) is 7.13. The highest BCUT2D eigenvalue weighted by Gasteiger charge is 2.03.